The number of nitrogens with zero attached hydrogens (tertiary/aromatic N) is 1. The molecule has 0 heterocycles. The highest BCUT2D eigenvalue weighted by atomic mass is 32.2. The van der Waals surface area contributed by atoms with E-state index in [0.717, 1.165) is 6.42 Å². The van der Waals surface area contributed by atoms with Crippen LogP contribution in [0, 0.1) is 0 Å². The van der Waals surface area contributed by atoms with Crippen LogP contribution in [0.15, 0.2) is 0 Å². The molecular formula is C8H21N3S. The van der Waals surface area contributed by atoms with Crippen molar-refractivity contribution >= 4 is 11.8 Å². The summed E-state index contributed by atoms with van der Waals surface area (Å²) in [5.41, 5.74) is 8.89. The molecule has 4 heteroatoms. The molecule has 74 valence electrons. The van der Waals surface area contributed by atoms with Gasteiger partial charge >= 0.3 is 0 Å². The van der Waals surface area contributed by atoms with Gasteiger partial charge in [0.25, 0.3) is 0 Å². The molecule has 12 heavy (non-hydrogen) atoms. The Balaban J connectivity index is 3.39. The molecule has 1 atom stereocenters. The first kappa shape index (κ1) is 12.2. The maximum absolute atomic E-state index is 5.61. The van der Waals surface area contributed by atoms with Gasteiger partial charge in [-0.3, -0.25) is 10.4 Å². The maximum Gasteiger partial charge on any atom is 0.0337 e. The Morgan fingerprint density at radius 3 is 2.58 bits per heavy atom. The summed E-state index contributed by atoms with van der Waals surface area (Å²) in [4.78, 5) is 0. The maximum atomic E-state index is 5.61. The molecule has 0 aliphatic carbocycles. The molecule has 0 saturated heterocycles. The predicted molar refractivity (Wildman–Crippen MR) is 57.3 cm³/mol. The third kappa shape index (κ3) is 6.91. The summed E-state index contributed by atoms with van der Waals surface area (Å²) in [6, 6.07) is 0.437. The number of nitrogens with one attached hydrogen (secondary N) is 1. The molecule has 3 nitrogen and oxygen atoms in total. The molecule has 0 aliphatic heterocycles. The van der Waals surface area contributed by atoms with Crippen LogP contribution in [0.25, 0.3) is 0 Å². The van der Waals surface area contributed by atoms with E-state index in [1.165, 1.54) is 12.2 Å². The Bertz CT molecular complexity index is 98.3. The van der Waals surface area contributed by atoms with Gasteiger partial charge in [0.05, 0.1) is 0 Å². The Kier molecular flexibility index (Phi) is 8.01. The number of nitrogens with two attached hydrogens (primary N) is 1. The average Bonchev–Trinajstić information content (AvgIpc) is 2.02. The Labute approximate surface area is 80.0 Å². The van der Waals surface area contributed by atoms with Crippen LogP contribution >= 0.6 is 11.8 Å². The number of rotatable bonds is 7. The normalized spacial score (nSPS) is 13.8. The fraction of sp³-hybridized carbons (Fsp3) is 1.00. The fourth-order valence-electron chi connectivity index (χ4n) is 1.07. The smallest absolute Gasteiger partial charge is 0.0337 e. The van der Waals surface area contributed by atoms with Crippen molar-refractivity contribution < 1.29 is 0 Å². The second-order valence-electron chi connectivity index (χ2n) is 3.09. The largest absolute Gasteiger partial charge is 0.329 e. The monoisotopic (exact) mass is 191 g/mol. The average molecular weight is 191 g/mol. The topological polar surface area (TPSA) is 41.3 Å². The molecule has 3 N–H and O–H groups in total. The number of thioether (sulfide) groups is 1. The van der Waals surface area contributed by atoms with Crippen molar-refractivity contribution in [2.24, 2.45) is 5.73 Å². The van der Waals surface area contributed by atoms with Crippen molar-refractivity contribution in [3.63, 3.8) is 0 Å². The van der Waals surface area contributed by atoms with Gasteiger partial charge in [-0.25, -0.2) is 0 Å². The molecule has 0 aromatic rings. The van der Waals surface area contributed by atoms with E-state index in [1.807, 2.05) is 30.9 Å². The minimum Gasteiger partial charge on any atom is -0.329 e. The Morgan fingerprint density at radius 2 is 2.17 bits per heavy atom. The lowest BCUT2D eigenvalue weighted by Crippen LogP contribution is -2.44. The molecule has 1 unspecified atom stereocenters. The fourth-order valence-corrected chi connectivity index (χ4v) is 1.53. The van der Waals surface area contributed by atoms with E-state index in [9.17, 15) is 0 Å². The van der Waals surface area contributed by atoms with Gasteiger partial charge in [-0.05, 0) is 24.9 Å². The highest BCUT2D eigenvalue weighted by Gasteiger charge is 2.05. The predicted octanol–water partition coefficient (Wildman–Crippen LogP) is 0.523. The number of hydrogen-bond donors (Lipinski definition) is 2. The molecule has 0 amide bonds. The lowest BCUT2D eigenvalue weighted by atomic mass is 10.2. The van der Waals surface area contributed by atoms with Crippen molar-refractivity contribution in [1.29, 1.82) is 0 Å². The standard InChI is InChI=1S/C8H21N3S/c1-11(2)10-8(7-9)5-4-6-12-3/h8,10H,4-7,9H2,1-3H3. The van der Waals surface area contributed by atoms with Crippen LogP contribution in [0.5, 0.6) is 0 Å². The van der Waals surface area contributed by atoms with Gasteiger partial charge in [-0.1, -0.05) is 0 Å². The molecule has 0 saturated carbocycles. The summed E-state index contributed by atoms with van der Waals surface area (Å²) in [5, 5.41) is 1.97. The number of hydrazine groups is 1. The van der Waals surface area contributed by atoms with E-state index in [1.54, 1.807) is 0 Å². The Morgan fingerprint density at radius 1 is 1.50 bits per heavy atom. The first-order chi connectivity index (χ1) is 5.70. The van der Waals surface area contributed by atoms with Crippen LogP contribution in [0.1, 0.15) is 12.8 Å². The second kappa shape index (κ2) is 7.86. The van der Waals surface area contributed by atoms with Crippen LogP contribution < -0.4 is 11.2 Å². The van der Waals surface area contributed by atoms with E-state index < -0.39 is 0 Å². The summed E-state index contributed by atoms with van der Waals surface area (Å²) in [6.45, 7) is 0.715. The minimum absolute atomic E-state index is 0.437. The van der Waals surface area contributed by atoms with Crippen LogP contribution in [0.2, 0.25) is 0 Å². The lowest BCUT2D eigenvalue weighted by Gasteiger charge is -2.21. The third-order valence-corrected chi connectivity index (χ3v) is 2.32. The van der Waals surface area contributed by atoms with Crippen molar-refractivity contribution in [3.8, 4) is 0 Å². The molecule has 0 spiro atoms. The van der Waals surface area contributed by atoms with E-state index in [4.69, 9.17) is 5.73 Å². The molecule has 0 aromatic heterocycles. The van der Waals surface area contributed by atoms with Gasteiger partial charge in [0.15, 0.2) is 0 Å². The quantitative estimate of drug-likeness (QED) is 0.455. The molecule has 0 aromatic carbocycles. The van der Waals surface area contributed by atoms with Crippen molar-refractivity contribution in [2.75, 3.05) is 32.6 Å². The van der Waals surface area contributed by atoms with Crippen molar-refractivity contribution in [2.45, 2.75) is 18.9 Å². The molecule has 0 bridgehead atoms. The minimum atomic E-state index is 0.437. The molecule has 0 aliphatic rings. The van der Waals surface area contributed by atoms with Crippen LogP contribution in [-0.4, -0.2) is 43.7 Å². The number of hydrogen-bond acceptors (Lipinski definition) is 4. The van der Waals surface area contributed by atoms with Gasteiger partial charge in [0.2, 0.25) is 0 Å². The first-order valence-corrected chi connectivity index (χ1v) is 5.72. The summed E-state index contributed by atoms with van der Waals surface area (Å²) < 4.78 is 0. The van der Waals surface area contributed by atoms with Gasteiger partial charge in [-0.15, -0.1) is 0 Å². The van der Waals surface area contributed by atoms with E-state index in [0.29, 0.717) is 12.6 Å². The van der Waals surface area contributed by atoms with E-state index >= 15 is 0 Å². The summed E-state index contributed by atoms with van der Waals surface area (Å²) >= 11 is 1.89. The second-order valence-corrected chi connectivity index (χ2v) is 4.08. The van der Waals surface area contributed by atoms with Gasteiger partial charge in [0.1, 0.15) is 0 Å². The van der Waals surface area contributed by atoms with Crippen molar-refractivity contribution in [1.82, 2.24) is 10.4 Å². The van der Waals surface area contributed by atoms with Gasteiger partial charge in [-0.2, -0.15) is 11.8 Å². The van der Waals surface area contributed by atoms with Crippen LogP contribution in [0.4, 0.5) is 0 Å². The zero-order valence-corrected chi connectivity index (χ0v) is 9.16. The highest BCUT2D eigenvalue weighted by Crippen LogP contribution is 2.02. The summed E-state index contributed by atoms with van der Waals surface area (Å²) in [5.74, 6) is 1.23. The first-order valence-electron chi connectivity index (χ1n) is 4.33. The van der Waals surface area contributed by atoms with Crippen LogP contribution in [-0.2, 0) is 0 Å². The van der Waals surface area contributed by atoms with Crippen molar-refractivity contribution in [3.05, 3.63) is 0 Å². The molecule has 0 rings (SSSR count). The van der Waals surface area contributed by atoms with Gasteiger partial charge < -0.3 is 5.73 Å². The lowest BCUT2D eigenvalue weighted by molar-refractivity contribution is 0.236. The summed E-state index contributed by atoms with van der Waals surface area (Å²) in [7, 11) is 3.99. The molecule has 0 fully saturated rings. The zero-order valence-electron chi connectivity index (χ0n) is 8.34. The molecular weight excluding hydrogens is 170 g/mol. The summed E-state index contributed by atoms with van der Waals surface area (Å²) in [6.07, 6.45) is 4.54. The highest BCUT2D eigenvalue weighted by molar-refractivity contribution is 7.98. The van der Waals surface area contributed by atoms with E-state index in [-0.39, 0.29) is 0 Å². The zero-order chi connectivity index (χ0) is 9.40. The van der Waals surface area contributed by atoms with E-state index in [2.05, 4.69) is 11.7 Å². The van der Waals surface area contributed by atoms with Crippen LogP contribution in [0.3, 0.4) is 0 Å². The SMILES string of the molecule is CSCCCC(CN)NN(C)C. The Hall–Kier alpha value is 0.230. The molecule has 0 radical (unpaired) electrons. The third-order valence-electron chi connectivity index (χ3n) is 1.63. The van der Waals surface area contributed by atoms with Gasteiger partial charge in [0, 0.05) is 26.7 Å².